The van der Waals surface area contributed by atoms with Crippen molar-refractivity contribution >= 4 is 11.6 Å². The molecule has 3 aromatic heterocycles. The van der Waals surface area contributed by atoms with Gasteiger partial charge in [-0.2, -0.15) is 0 Å². The molecule has 188 valence electrons. The lowest BCUT2D eigenvalue weighted by molar-refractivity contribution is 0.643. The zero-order valence-corrected chi connectivity index (χ0v) is 21.4. The number of halogens is 1. The van der Waals surface area contributed by atoms with Crippen LogP contribution in [0, 0.1) is 0 Å². The van der Waals surface area contributed by atoms with Crippen LogP contribution in [0.2, 0.25) is 5.15 Å². The third-order valence-corrected chi connectivity index (χ3v) is 6.91. The predicted molar refractivity (Wildman–Crippen MR) is 144 cm³/mol. The fourth-order valence-electron chi connectivity index (χ4n) is 4.54. The number of nitrogens with one attached hydrogen (secondary N) is 1. The minimum atomic E-state index is -0.0863. The van der Waals surface area contributed by atoms with E-state index < -0.39 is 0 Å². The number of aromatic amines is 1. The Balaban J connectivity index is 1.45. The Morgan fingerprint density at radius 1 is 0.892 bits per heavy atom. The highest BCUT2D eigenvalue weighted by atomic mass is 35.5. The molecule has 0 aliphatic carbocycles. The second kappa shape index (κ2) is 11.3. The minimum absolute atomic E-state index is 0.0863. The first-order chi connectivity index (χ1) is 18.2. The maximum Gasteiger partial charge on any atom is 0.330 e. The van der Waals surface area contributed by atoms with E-state index >= 15 is 0 Å². The second-order valence-corrected chi connectivity index (χ2v) is 9.36. The van der Waals surface area contributed by atoms with Gasteiger partial charge in [0, 0.05) is 23.5 Å². The van der Waals surface area contributed by atoms with Gasteiger partial charge in [0.15, 0.2) is 5.82 Å². The number of imidazole rings is 1. The number of aromatic nitrogens is 7. The Morgan fingerprint density at radius 3 is 2.38 bits per heavy atom. The predicted octanol–water partition coefficient (Wildman–Crippen LogP) is 5.37. The molecule has 0 aliphatic heterocycles. The average molecular weight is 514 g/mol. The summed E-state index contributed by atoms with van der Waals surface area (Å²) in [7, 11) is 0. The van der Waals surface area contributed by atoms with Gasteiger partial charge in [-0.15, -0.1) is 5.10 Å². The highest BCUT2D eigenvalue weighted by Crippen LogP contribution is 2.29. The summed E-state index contributed by atoms with van der Waals surface area (Å²) in [6.07, 6.45) is 7.47. The van der Waals surface area contributed by atoms with E-state index in [0.29, 0.717) is 24.1 Å². The fourth-order valence-corrected chi connectivity index (χ4v) is 4.86. The van der Waals surface area contributed by atoms with E-state index in [1.54, 1.807) is 17.0 Å². The maximum absolute atomic E-state index is 13.5. The van der Waals surface area contributed by atoms with Gasteiger partial charge in [-0.3, -0.25) is 14.1 Å². The molecular formula is C28H28ClN7O. The summed E-state index contributed by atoms with van der Waals surface area (Å²) in [6, 6.07) is 20.0. The molecule has 5 aromatic rings. The molecule has 37 heavy (non-hydrogen) atoms. The van der Waals surface area contributed by atoms with E-state index in [0.717, 1.165) is 59.2 Å². The molecule has 8 nitrogen and oxygen atoms in total. The van der Waals surface area contributed by atoms with Crippen molar-refractivity contribution in [3.63, 3.8) is 0 Å². The summed E-state index contributed by atoms with van der Waals surface area (Å²) in [5.74, 6) is 0.583. The van der Waals surface area contributed by atoms with Crippen molar-refractivity contribution < 1.29 is 0 Å². The molecule has 5 rings (SSSR count). The number of tetrazole rings is 1. The van der Waals surface area contributed by atoms with Crippen LogP contribution in [0.3, 0.4) is 0 Å². The standard InChI is InChI=1S/C28H28ClN7O/c1-2-3-5-10-25-26(29)36(19-20-8-6-4-7-9-20)28(37)35(25)18-21-11-13-22(14-12-21)24-17-30-16-15-23(24)27-31-33-34-32-27/h4,6-9,11-17H,2-3,5,10,18-19H2,1H3,(H,31,32,33,34). The highest BCUT2D eigenvalue weighted by Gasteiger charge is 2.19. The van der Waals surface area contributed by atoms with Gasteiger partial charge in [-0.05, 0) is 46.0 Å². The number of pyridine rings is 1. The van der Waals surface area contributed by atoms with Crippen molar-refractivity contribution in [3.8, 4) is 22.5 Å². The third-order valence-electron chi connectivity index (χ3n) is 6.49. The number of hydrogen-bond acceptors (Lipinski definition) is 5. The molecule has 0 fully saturated rings. The summed E-state index contributed by atoms with van der Waals surface area (Å²) in [5.41, 5.74) is 5.64. The number of nitrogens with zero attached hydrogens (tertiary/aromatic N) is 6. The summed E-state index contributed by atoms with van der Waals surface area (Å²) in [4.78, 5) is 17.8. The monoisotopic (exact) mass is 513 g/mol. The van der Waals surface area contributed by atoms with Crippen LogP contribution in [0.15, 0.2) is 77.9 Å². The molecule has 0 spiro atoms. The Bertz CT molecular complexity index is 1510. The third kappa shape index (κ3) is 5.39. The van der Waals surface area contributed by atoms with Crippen molar-refractivity contribution in [1.29, 1.82) is 0 Å². The number of hydrogen-bond donors (Lipinski definition) is 1. The lowest BCUT2D eigenvalue weighted by atomic mass is 10.0. The summed E-state index contributed by atoms with van der Waals surface area (Å²) >= 11 is 6.82. The molecule has 0 atom stereocenters. The molecule has 0 amide bonds. The minimum Gasteiger partial charge on any atom is -0.290 e. The molecule has 1 N–H and O–H groups in total. The molecule has 0 saturated carbocycles. The van der Waals surface area contributed by atoms with E-state index in [4.69, 9.17) is 11.6 Å². The Hall–Kier alpha value is -4.04. The lowest BCUT2D eigenvalue weighted by Gasteiger charge is -2.10. The van der Waals surface area contributed by atoms with Crippen LogP contribution in [-0.4, -0.2) is 34.7 Å². The Kier molecular flexibility index (Phi) is 7.56. The van der Waals surface area contributed by atoms with Crippen LogP contribution in [0.5, 0.6) is 0 Å². The molecular weight excluding hydrogens is 486 g/mol. The van der Waals surface area contributed by atoms with Gasteiger partial charge in [-0.1, -0.05) is 86.0 Å². The smallest absolute Gasteiger partial charge is 0.290 e. The highest BCUT2D eigenvalue weighted by molar-refractivity contribution is 6.30. The van der Waals surface area contributed by atoms with Crippen LogP contribution in [0.1, 0.15) is 43.0 Å². The van der Waals surface area contributed by atoms with Crippen LogP contribution >= 0.6 is 11.6 Å². The molecule has 0 saturated heterocycles. The summed E-state index contributed by atoms with van der Waals surface area (Å²) < 4.78 is 3.51. The van der Waals surface area contributed by atoms with E-state index in [9.17, 15) is 4.79 Å². The van der Waals surface area contributed by atoms with Crippen LogP contribution < -0.4 is 5.69 Å². The largest absolute Gasteiger partial charge is 0.330 e. The van der Waals surface area contributed by atoms with Crippen LogP contribution in [0.25, 0.3) is 22.5 Å². The molecule has 0 aliphatic rings. The van der Waals surface area contributed by atoms with E-state index in [1.165, 1.54) is 0 Å². The van der Waals surface area contributed by atoms with E-state index in [2.05, 4.69) is 32.5 Å². The summed E-state index contributed by atoms with van der Waals surface area (Å²) in [6.45, 7) is 3.07. The van der Waals surface area contributed by atoms with Crippen molar-refractivity contribution in [3.05, 3.63) is 106 Å². The zero-order chi connectivity index (χ0) is 25.6. The lowest BCUT2D eigenvalue weighted by Crippen LogP contribution is -2.26. The van der Waals surface area contributed by atoms with E-state index in [1.807, 2.05) is 65.2 Å². The SMILES string of the molecule is CCCCCc1c(Cl)n(Cc2ccccc2)c(=O)n1Cc1ccc(-c2cnccc2-c2nnn[nH]2)cc1. The Labute approximate surface area is 220 Å². The van der Waals surface area contributed by atoms with Gasteiger partial charge in [0.1, 0.15) is 5.15 Å². The van der Waals surface area contributed by atoms with Crippen molar-refractivity contribution in [1.82, 2.24) is 34.7 Å². The Morgan fingerprint density at radius 2 is 1.65 bits per heavy atom. The maximum atomic E-state index is 13.5. The van der Waals surface area contributed by atoms with Crippen molar-refractivity contribution in [2.24, 2.45) is 0 Å². The molecule has 2 aromatic carbocycles. The molecule has 0 bridgehead atoms. The second-order valence-electron chi connectivity index (χ2n) is 9.00. The van der Waals surface area contributed by atoms with Crippen LogP contribution in [-0.2, 0) is 19.5 Å². The average Bonchev–Trinajstić information content (AvgIpc) is 3.55. The number of H-pyrrole nitrogens is 1. The topological polar surface area (TPSA) is 94.3 Å². The molecule has 0 radical (unpaired) electrons. The normalized spacial score (nSPS) is 11.2. The fraction of sp³-hybridized carbons (Fsp3) is 0.250. The molecule has 9 heteroatoms. The molecule has 3 heterocycles. The first-order valence-electron chi connectivity index (χ1n) is 12.4. The number of unbranched alkanes of at least 4 members (excludes halogenated alkanes) is 2. The van der Waals surface area contributed by atoms with Gasteiger partial charge in [0.05, 0.1) is 18.8 Å². The number of rotatable bonds is 10. The van der Waals surface area contributed by atoms with E-state index in [-0.39, 0.29) is 5.69 Å². The quantitative estimate of drug-likeness (QED) is 0.253. The van der Waals surface area contributed by atoms with Gasteiger partial charge in [0.25, 0.3) is 0 Å². The first-order valence-corrected chi connectivity index (χ1v) is 12.8. The summed E-state index contributed by atoms with van der Waals surface area (Å²) in [5, 5.41) is 14.8. The van der Waals surface area contributed by atoms with Gasteiger partial charge < -0.3 is 0 Å². The van der Waals surface area contributed by atoms with Gasteiger partial charge >= 0.3 is 5.69 Å². The van der Waals surface area contributed by atoms with Crippen LogP contribution in [0.4, 0.5) is 0 Å². The zero-order valence-electron chi connectivity index (χ0n) is 20.6. The van der Waals surface area contributed by atoms with Crippen molar-refractivity contribution in [2.75, 3.05) is 0 Å². The first kappa shape index (κ1) is 24.6. The van der Waals surface area contributed by atoms with Gasteiger partial charge in [0.2, 0.25) is 0 Å². The molecule has 0 unspecified atom stereocenters. The number of benzene rings is 2. The van der Waals surface area contributed by atoms with Crippen molar-refractivity contribution in [2.45, 2.75) is 45.7 Å². The van der Waals surface area contributed by atoms with Gasteiger partial charge in [-0.25, -0.2) is 9.89 Å².